The Hall–Kier alpha value is -10.9. The number of fused-ring (bicyclic) bond motifs is 2. The average Bonchev–Trinajstić information content (AvgIpc) is 0.672. The Kier molecular flexibility index (Phi) is 16.4. The number of anilines is 2. The molecule has 4 heterocycles. The summed E-state index contributed by atoms with van der Waals surface area (Å²) in [6, 6.07) is 57.6. The van der Waals surface area contributed by atoms with Crippen LogP contribution in [0.25, 0.3) is 43.1 Å². The van der Waals surface area contributed by atoms with E-state index >= 15 is 19.2 Å². The maximum absolute atomic E-state index is 16.3. The Morgan fingerprint density at radius 1 is 0.364 bits per heavy atom. The van der Waals surface area contributed by atoms with Crippen LogP contribution >= 0.6 is 0 Å². The van der Waals surface area contributed by atoms with Crippen molar-refractivity contribution in [2.45, 2.75) is 138 Å². The van der Waals surface area contributed by atoms with Crippen LogP contribution < -0.4 is 28.7 Å². The van der Waals surface area contributed by atoms with Gasteiger partial charge < -0.3 is 23.8 Å². The fourth-order valence-corrected chi connectivity index (χ4v) is 13.7. The van der Waals surface area contributed by atoms with Gasteiger partial charge in [-0.05, 0) is 172 Å². The Labute approximate surface area is 578 Å². The first-order chi connectivity index (χ1) is 47.2. The predicted octanol–water partition coefficient (Wildman–Crippen LogP) is 21.3. The molecular formula is C86H81N5O8. The third-order valence-electron chi connectivity index (χ3n) is 19.1. The highest BCUT2D eigenvalue weighted by molar-refractivity contribution is 6.46. The predicted molar refractivity (Wildman–Crippen MR) is 395 cm³/mol. The summed E-state index contributed by atoms with van der Waals surface area (Å²) in [6.07, 6.45) is 4.85. The first-order valence-corrected chi connectivity index (χ1v) is 34.1. The van der Waals surface area contributed by atoms with Gasteiger partial charge in [-0.1, -0.05) is 157 Å². The molecule has 12 aromatic rings. The number of benzene rings is 10. The first-order valence-electron chi connectivity index (χ1n) is 34.1. The molecule has 498 valence electrons. The van der Waals surface area contributed by atoms with Gasteiger partial charge in [0, 0.05) is 67.7 Å². The molecule has 13 nitrogen and oxygen atoms in total. The molecule has 0 bridgehead atoms. The summed E-state index contributed by atoms with van der Waals surface area (Å²) in [7, 11) is 0. The molecule has 0 atom stereocenters. The lowest BCUT2D eigenvalue weighted by Gasteiger charge is -2.33. The lowest BCUT2D eigenvalue weighted by Crippen LogP contribution is -2.41. The van der Waals surface area contributed by atoms with E-state index in [-0.39, 0.29) is 73.5 Å². The molecule has 14 rings (SSSR count). The molecule has 0 fully saturated rings. The van der Waals surface area contributed by atoms with Crippen molar-refractivity contribution in [3.8, 4) is 46.0 Å². The van der Waals surface area contributed by atoms with E-state index in [0.29, 0.717) is 91.3 Å². The lowest BCUT2D eigenvalue weighted by atomic mass is 9.80. The fraction of sp³-hybridized carbons (Fsp3) is 0.256. The summed E-state index contributed by atoms with van der Waals surface area (Å²) < 4.78 is 29.3. The molecule has 2 aliphatic heterocycles. The standard InChI is InChI=1S/C86H81N5O8/c1-14-15-44-90-79(92)63-45-67(96-59-34-22-51(23-35-59)83(2,3)4)73-75-69(98-61-38-26-53(27-39-61)85(8,9)10)47-65-72-66(82(95)91(81(65)94)58-32-30-57(31-33-58)89(49-55-20-16-18-42-87-55)50-56-21-17-19-43-88-56)48-70(99-62-40-28-54(29-41-62)86(11,12)13)76(78(72)75)74-68(46-64(80(90)93)71(63)77(73)74)97-60-36-24-52(25-37-60)84(5,6)7/h16-43,45-48H,14-15,44,49-50H2,1-13H3. The number of nitrogens with zero attached hydrogens (tertiary/aromatic N) is 5. The number of pyridine rings is 2. The smallest absolute Gasteiger partial charge is 0.266 e. The number of aromatic nitrogens is 2. The molecule has 0 saturated carbocycles. The van der Waals surface area contributed by atoms with E-state index in [1.54, 1.807) is 48.8 Å². The summed E-state index contributed by atoms with van der Waals surface area (Å²) in [5.41, 5.74) is 7.24. The molecule has 0 N–H and O–H groups in total. The van der Waals surface area contributed by atoms with Crippen LogP contribution in [0.1, 0.15) is 178 Å². The van der Waals surface area contributed by atoms with Crippen LogP contribution in [0, 0.1) is 0 Å². The van der Waals surface area contributed by atoms with Gasteiger partial charge in [0.05, 0.1) is 52.4 Å². The average molecular weight is 1310 g/mol. The van der Waals surface area contributed by atoms with E-state index in [1.807, 2.05) is 153 Å². The molecule has 10 aromatic carbocycles. The molecule has 2 aliphatic rings. The number of hydrogen-bond acceptors (Lipinski definition) is 11. The number of unbranched alkanes of at least 4 members (excludes halogenated alkanes) is 1. The van der Waals surface area contributed by atoms with Gasteiger partial charge in [-0.25, -0.2) is 4.90 Å². The number of hydrogen-bond donors (Lipinski definition) is 0. The zero-order valence-corrected chi connectivity index (χ0v) is 58.5. The number of ether oxygens (including phenoxy) is 4. The fourth-order valence-electron chi connectivity index (χ4n) is 13.7. The van der Waals surface area contributed by atoms with Crippen LogP contribution in [0.2, 0.25) is 0 Å². The second-order valence-electron chi connectivity index (χ2n) is 30.3. The molecule has 99 heavy (non-hydrogen) atoms. The maximum Gasteiger partial charge on any atom is 0.266 e. The van der Waals surface area contributed by atoms with Crippen LogP contribution in [0.5, 0.6) is 46.0 Å². The molecular weight excluding hydrogens is 1230 g/mol. The molecule has 0 radical (unpaired) electrons. The highest BCUT2D eigenvalue weighted by Gasteiger charge is 2.42. The van der Waals surface area contributed by atoms with Crippen molar-refractivity contribution in [2.24, 2.45) is 0 Å². The van der Waals surface area contributed by atoms with E-state index in [4.69, 9.17) is 18.9 Å². The quantitative estimate of drug-likeness (QED) is 0.0489. The highest BCUT2D eigenvalue weighted by atomic mass is 16.5. The summed E-state index contributed by atoms with van der Waals surface area (Å²) in [5, 5.41) is 3.36. The summed E-state index contributed by atoms with van der Waals surface area (Å²) >= 11 is 0. The Balaban J connectivity index is 1.10. The van der Waals surface area contributed by atoms with Gasteiger partial charge in [0.1, 0.15) is 46.0 Å². The van der Waals surface area contributed by atoms with E-state index in [1.165, 1.54) is 9.80 Å². The van der Waals surface area contributed by atoms with Crippen LogP contribution in [0.4, 0.5) is 11.4 Å². The molecule has 0 aliphatic carbocycles. The third kappa shape index (κ3) is 12.2. The molecule has 0 spiro atoms. The van der Waals surface area contributed by atoms with E-state index in [0.717, 1.165) is 45.7 Å². The van der Waals surface area contributed by atoms with Crippen molar-refractivity contribution in [3.63, 3.8) is 0 Å². The topological polar surface area (TPSA) is 141 Å². The second kappa shape index (κ2) is 24.9. The summed E-state index contributed by atoms with van der Waals surface area (Å²) in [4.78, 5) is 77.8. The SMILES string of the molecule is CCCCN1C(=O)c2cc(Oc3ccc(C(C)(C)C)cc3)c3c4c(Oc5ccc(C(C)(C)C)cc5)cc5c6c(cc(Oc7ccc(C(C)(C)C)cc7)c(c7c(Oc8ccc(C(C)(C)C)cc8)cc(c2c37)C1=O)c64)C(=O)N(c1ccc(N(Cc2ccccn2)Cc2ccccn2)cc1)C5=O. The third-order valence-corrected chi connectivity index (χ3v) is 19.1. The monoisotopic (exact) mass is 1310 g/mol. The zero-order chi connectivity index (χ0) is 69.6. The van der Waals surface area contributed by atoms with E-state index in [2.05, 4.69) is 98.0 Å². The highest BCUT2D eigenvalue weighted by Crippen LogP contribution is 2.58. The molecule has 13 heteroatoms. The Morgan fingerprint density at radius 3 is 0.960 bits per heavy atom. The number of carbonyl (C=O) groups is 4. The number of rotatable bonds is 17. The van der Waals surface area contributed by atoms with E-state index in [9.17, 15) is 0 Å². The first kappa shape index (κ1) is 65.4. The van der Waals surface area contributed by atoms with Crippen molar-refractivity contribution in [1.29, 1.82) is 0 Å². The minimum Gasteiger partial charge on any atom is -0.457 e. The molecule has 0 unspecified atom stereocenters. The van der Waals surface area contributed by atoms with Crippen LogP contribution in [0.3, 0.4) is 0 Å². The van der Waals surface area contributed by atoms with Crippen molar-refractivity contribution in [2.75, 3.05) is 16.3 Å². The van der Waals surface area contributed by atoms with Crippen molar-refractivity contribution in [1.82, 2.24) is 14.9 Å². The van der Waals surface area contributed by atoms with Gasteiger partial charge in [-0.3, -0.25) is 34.0 Å². The molecule has 4 amide bonds. The minimum absolute atomic E-state index is 0.175. The molecule has 2 aromatic heterocycles. The van der Waals surface area contributed by atoms with Gasteiger partial charge in [0.15, 0.2) is 0 Å². The van der Waals surface area contributed by atoms with Gasteiger partial charge in [-0.2, -0.15) is 0 Å². The van der Waals surface area contributed by atoms with Crippen molar-refractivity contribution >= 4 is 78.1 Å². The van der Waals surface area contributed by atoms with Crippen molar-refractivity contribution < 1.29 is 38.1 Å². The zero-order valence-electron chi connectivity index (χ0n) is 58.5. The normalized spacial score (nSPS) is 13.5. The largest absolute Gasteiger partial charge is 0.457 e. The summed E-state index contributed by atoms with van der Waals surface area (Å²) in [6.45, 7) is 28.9. The lowest BCUT2D eigenvalue weighted by molar-refractivity contribution is 0.0607. The van der Waals surface area contributed by atoms with E-state index < -0.39 is 23.6 Å². The Morgan fingerprint density at radius 2 is 0.677 bits per heavy atom. The van der Waals surface area contributed by atoms with Crippen molar-refractivity contribution in [3.05, 3.63) is 250 Å². The van der Waals surface area contributed by atoms with Crippen LogP contribution in [-0.2, 0) is 34.7 Å². The van der Waals surface area contributed by atoms with Gasteiger partial charge >= 0.3 is 0 Å². The number of amides is 4. The molecule has 0 saturated heterocycles. The Bertz CT molecular complexity index is 4850. The summed E-state index contributed by atoms with van der Waals surface area (Å²) in [5.74, 6) is 0.701. The van der Waals surface area contributed by atoms with Gasteiger partial charge in [0.2, 0.25) is 0 Å². The maximum atomic E-state index is 16.3. The second-order valence-corrected chi connectivity index (χ2v) is 30.3. The van der Waals surface area contributed by atoms with Gasteiger partial charge in [-0.15, -0.1) is 0 Å². The van der Waals surface area contributed by atoms with Crippen LogP contribution in [0.15, 0.2) is 194 Å². The minimum atomic E-state index is -0.596. The number of carbonyl (C=O) groups excluding carboxylic acids is 4. The van der Waals surface area contributed by atoms with Crippen LogP contribution in [-0.4, -0.2) is 45.0 Å². The number of imide groups is 2. The van der Waals surface area contributed by atoms with Gasteiger partial charge in [0.25, 0.3) is 23.6 Å².